The third kappa shape index (κ3) is 4.31. The molecule has 0 aliphatic carbocycles. The normalized spacial score (nSPS) is 10.9. The SMILES string of the molecule is COC(=O)c1sc2ncn(CCCCOc3ccc(Cl)cc3)c(=O)c2c1C. The van der Waals surface area contributed by atoms with E-state index in [1.165, 1.54) is 24.8 Å². The van der Waals surface area contributed by atoms with Gasteiger partial charge in [0.1, 0.15) is 15.5 Å². The maximum atomic E-state index is 12.7. The number of thiophene rings is 1. The van der Waals surface area contributed by atoms with Crippen LogP contribution in [0.4, 0.5) is 0 Å². The lowest BCUT2D eigenvalue weighted by molar-refractivity contribution is 0.0605. The van der Waals surface area contributed by atoms with Crippen molar-refractivity contribution in [2.45, 2.75) is 26.3 Å². The lowest BCUT2D eigenvalue weighted by Crippen LogP contribution is -2.21. The van der Waals surface area contributed by atoms with Crippen LogP contribution in [0.25, 0.3) is 10.2 Å². The van der Waals surface area contributed by atoms with Crippen molar-refractivity contribution in [1.29, 1.82) is 0 Å². The molecule has 0 amide bonds. The van der Waals surface area contributed by atoms with Crippen LogP contribution < -0.4 is 10.3 Å². The molecule has 142 valence electrons. The maximum absolute atomic E-state index is 12.7. The topological polar surface area (TPSA) is 70.4 Å². The van der Waals surface area contributed by atoms with E-state index in [0.717, 1.165) is 18.6 Å². The number of rotatable bonds is 7. The quantitative estimate of drug-likeness (QED) is 0.437. The number of ether oxygens (including phenoxy) is 2. The number of fused-ring (bicyclic) bond motifs is 1. The lowest BCUT2D eigenvalue weighted by atomic mass is 10.2. The van der Waals surface area contributed by atoms with Gasteiger partial charge in [-0.15, -0.1) is 11.3 Å². The first-order valence-corrected chi connectivity index (χ1v) is 9.66. The average Bonchev–Trinajstić information content (AvgIpc) is 3.01. The number of carbonyl (C=O) groups excluding carboxylic acids is 1. The van der Waals surface area contributed by atoms with Gasteiger partial charge < -0.3 is 9.47 Å². The summed E-state index contributed by atoms with van der Waals surface area (Å²) >= 11 is 7.02. The second-order valence-corrected chi connectivity index (χ2v) is 7.42. The van der Waals surface area contributed by atoms with E-state index in [-0.39, 0.29) is 5.56 Å². The minimum Gasteiger partial charge on any atom is -0.494 e. The minimum absolute atomic E-state index is 0.137. The molecule has 0 bridgehead atoms. The van der Waals surface area contributed by atoms with Crippen LogP contribution >= 0.6 is 22.9 Å². The largest absolute Gasteiger partial charge is 0.494 e. The van der Waals surface area contributed by atoms with Gasteiger partial charge in [-0.25, -0.2) is 9.78 Å². The van der Waals surface area contributed by atoms with E-state index >= 15 is 0 Å². The van der Waals surface area contributed by atoms with Gasteiger partial charge in [0.25, 0.3) is 5.56 Å². The number of methoxy groups -OCH3 is 1. The molecule has 0 fully saturated rings. The molecule has 6 nitrogen and oxygen atoms in total. The summed E-state index contributed by atoms with van der Waals surface area (Å²) in [5.41, 5.74) is 0.488. The van der Waals surface area contributed by atoms with Crippen LogP contribution in [-0.4, -0.2) is 29.2 Å². The Morgan fingerprint density at radius 1 is 1.26 bits per heavy atom. The molecule has 0 spiro atoms. The van der Waals surface area contributed by atoms with E-state index in [9.17, 15) is 9.59 Å². The first kappa shape index (κ1) is 19.4. The highest BCUT2D eigenvalue weighted by molar-refractivity contribution is 7.20. The number of nitrogens with zero attached hydrogens (tertiary/aromatic N) is 2. The third-order valence-electron chi connectivity index (χ3n) is 4.16. The number of carbonyl (C=O) groups is 1. The standard InChI is InChI=1S/C19H19ClN2O4S/c1-12-15-17(27-16(12)19(24)25-2)21-11-22(18(15)23)9-3-4-10-26-14-7-5-13(20)6-8-14/h5-8,11H,3-4,9-10H2,1-2H3. The van der Waals surface area contributed by atoms with Gasteiger partial charge in [-0.3, -0.25) is 9.36 Å². The van der Waals surface area contributed by atoms with Crippen molar-refractivity contribution >= 4 is 39.1 Å². The minimum atomic E-state index is -0.444. The van der Waals surface area contributed by atoms with Crippen LogP contribution in [-0.2, 0) is 11.3 Å². The van der Waals surface area contributed by atoms with E-state index in [1.54, 1.807) is 23.6 Å². The molecule has 0 N–H and O–H groups in total. The zero-order valence-electron chi connectivity index (χ0n) is 15.0. The first-order valence-electron chi connectivity index (χ1n) is 8.46. The number of unbranched alkanes of at least 4 members (excludes halogenated alkanes) is 1. The highest BCUT2D eigenvalue weighted by Gasteiger charge is 2.19. The molecule has 0 radical (unpaired) electrons. The van der Waals surface area contributed by atoms with Gasteiger partial charge in [-0.2, -0.15) is 0 Å². The number of aryl methyl sites for hydroxylation is 2. The third-order valence-corrected chi connectivity index (χ3v) is 5.60. The van der Waals surface area contributed by atoms with Crippen molar-refractivity contribution in [2.75, 3.05) is 13.7 Å². The fraction of sp³-hybridized carbons (Fsp3) is 0.316. The Labute approximate surface area is 165 Å². The fourth-order valence-electron chi connectivity index (χ4n) is 2.71. The van der Waals surface area contributed by atoms with Crippen molar-refractivity contribution in [3.8, 4) is 5.75 Å². The lowest BCUT2D eigenvalue weighted by Gasteiger charge is -2.07. The van der Waals surface area contributed by atoms with E-state index in [1.807, 2.05) is 12.1 Å². The number of aromatic nitrogens is 2. The molecule has 2 heterocycles. The van der Waals surface area contributed by atoms with Crippen LogP contribution in [0.5, 0.6) is 5.75 Å². The smallest absolute Gasteiger partial charge is 0.348 e. The molecule has 8 heteroatoms. The van der Waals surface area contributed by atoms with Crippen LogP contribution in [0.2, 0.25) is 5.02 Å². The van der Waals surface area contributed by atoms with Gasteiger partial charge in [0.05, 0.1) is 25.4 Å². The van der Waals surface area contributed by atoms with Gasteiger partial charge in [0, 0.05) is 11.6 Å². The average molecular weight is 407 g/mol. The Morgan fingerprint density at radius 2 is 2.00 bits per heavy atom. The Balaban J connectivity index is 1.62. The predicted octanol–water partition coefficient (Wildman–Crippen LogP) is 4.07. The van der Waals surface area contributed by atoms with Crippen molar-refractivity contribution in [2.24, 2.45) is 0 Å². The van der Waals surface area contributed by atoms with Crippen molar-refractivity contribution in [1.82, 2.24) is 9.55 Å². The summed E-state index contributed by atoms with van der Waals surface area (Å²) in [5, 5.41) is 1.16. The highest BCUT2D eigenvalue weighted by atomic mass is 35.5. The number of hydrogen-bond acceptors (Lipinski definition) is 6. The number of esters is 1. The maximum Gasteiger partial charge on any atom is 0.348 e. The van der Waals surface area contributed by atoms with Gasteiger partial charge in [-0.1, -0.05) is 11.6 Å². The molecule has 3 aromatic rings. The number of benzene rings is 1. The Hall–Kier alpha value is -2.38. The summed E-state index contributed by atoms with van der Waals surface area (Å²) in [6.07, 6.45) is 3.10. The van der Waals surface area contributed by atoms with Crippen molar-refractivity contribution in [3.05, 3.63) is 56.4 Å². The zero-order chi connectivity index (χ0) is 19.4. The predicted molar refractivity (Wildman–Crippen MR) is 106 cm³/mol. The molecule has 3 rings (SSSR count). The Bertz CT molecular complexity index is 1010. The summed E-state index contributed by atoms with van der Waals surface area (Å²) in [5.74, 6) is 0.324. The van der Waals surface area contributed by atoms with Crippen molar-refractivity contribution in [3.63, 3.8) is 0 Å². The van der Waals surface area contributed by atoms with Gasteiger partial charge in [0.15, 0.2) is 0 Å². The summed E-state index contributed by atoms with van der Waals surface area (Å²) in [6, 6.07) is 7.21. The summed E-state index contributed by atoms with van der Waals surface area (Å²) in [7, 11) is 1.32. The van der Waals surface area contributed by atoms with E-state index in [2.05, 4.69) is 4.98 Å². The molecule has 2 aromatic heterocycles. The molecular formula is C19H19ClN2O4S. The van der Waals surface area contributed by atoms with Gasteiger partial charge in [-0.05, 0) is 49.6 Å². The molecule has 0 unspecified atom stereocenters. The molecule has 0 saturated carbocycles. The van der Waals surface area contributed by atoms with E-state index in [4.69, 9.17) is 21.1 Å². The molecule has 1 aromatic carbocycles. The monoisotopic (exact) mass is 406 g/mol. The number of hydrogen-bond donors (Lipinski definition) is 0. The molecule has 0 aliphatic heterocycles. The Kier molecular flexibility index (Phi) is 6.13. The Morgan fingerprint density at radius 3 is 2.70 bits per heavy atom. The number of halogens is 1. The molecule has 27 heavy (non-hydrogen) atoms. The van der Waals surface area contributed by atoms with Crippen LogP contribution in [0.3, 0.4) is 0 Å². The molecule has 0 saturated heterocycles. The van der Waals surface area contributed by atoms with Crippen LogP contribution in [0.15, 0.2) is 35.4 Å². The highest BCUT2D eigenvalue weighted by Crippen LogP contribution is 2.27. The first-order chi connectivity index (χ1) is 13.0. The molecule has 0 aliphatic rings. The molecular weight excluding hydrogens is 388 g/mol. The van der Waals surface area contributed by atoms with Gasteiger partial charge >= 0.3 is 5.97 Å². The van der Waals surface area contributed by atoms with Gasteiger partial charge in [0.2, 0.25) is 0 Å². The second kappa shape index (κ2) is 8.54. The van der Waals surface area contributed by atoms with Crippen LogP contribution in [0, 0.1) is 6.92 Å². The summed E-state index contributed by atoms with van der Waals surface area (Å²) in [6.45, 7) is 2.84. The molecule has 0 atom stereocenters. The van der Waals surface area contributed by atoms with Crippen LogP contribution in [0.1, 0.15) is 28.1 Å². The van der Waals surface area contributed by atoms with E-state index < -0.39 is 5.97 Å². The van der Waals surface area contributed by atoms with Crippen molar-refractivity contribution < 1.29 is 14.3 Å². The fourth-order valence-corrected chi connectivity index (χ4v) is 3.89. The summed E-state index contributed by atoms with van der Waals surface area (Å²) < 4.78 is 12.0. The summed E-state index contributed by atoms with van der Waals surface area (Å²) in [4.78, 5) is 29.8. The van der Waals surface area contributed by atoms with E-state index in [0.29, 0.717) is 38.8 Å². The zero-order valence-corrected chi connectivity index (χ0v) is 16.6. The second-order valence-electron chi connectivity index (χ2n) is 5.98.